The number of carbonyl (C=O) groups is 2. The highest BCUT2D eigenvalue weighted by molar-refractivity contribution is 5.87. The summed E-state index contributed by atoms with van der Waals surface area (Å²) >= 11 is 0. The maximum Gasteiger partial charge on any atom is 0.332 e. The van der Waals surface area contributed by atoms with Gasteiger partial charge in [-0.3, -0.25) is 4.79 Å². The van der Waals surface area contributed by atoms with Crippen LogP contribution >= 0.6 is 0 Å². The van der Waals surface area contributed by atoms with Gasteiger partial charge in [-0.1, -0.05) is 0 Å². The summed E-state index contributed by atoms with van der Waals surface area (Å²) in [6, 6.07) is 1.65. The van der Waals surface area contributed by atoms with Crippen molar-refractivity contribution < 1.29 is 19.4 Å². The summed E-state index contributed by atoms with van der Waals surface area (Å²) in [6.07, 6.45) is 1.60. The quantitative estimate of drug-likeness (QED) is 0.305. The van der Waals surface area contributed by atoms with Crippen molar-refractivity contribution in [3.8, 4) is 6.07 Å². The van der Waals surface area contributed by atoms with Crippen molar-refractivity contribution in [1.29, 1.82) is 5.26 Å². The van der Waals surface area contributed by atoms with Gasteiger partial charge in [-0.2, -0.15) is 5.26 Å². The fourth-order valence-corrected chi connectivity index (χ4v) is 0.797. The Kier molecular flexibility index (Phi) is 5.79. The zero-order valence-electron chi connectivity index (χ0n) is 7.82. The van der Waals surface area contributed by atoms with Gasteiger partial charge in [-0.25, -0.2) is 4.79 Å². The second-order valence-corrected chi connectivity index (χ2v) is 2.55. The summed E-state index contributed by atoms with van der Waals surface area (Å²) in [5.41, 5.74) is 0.0275. The van der Waals surface area contributed by atoms with E-state index in [-0.39, 0.29) is 18.6 Å². The predicted octanol–water partition coefficient (Wildman–Crippen LogP) is 0.864. The molecule has 5 heteroatoms. The van der Waals surface area contributed by atoms with Gasteiger partial charge >= 0.3 is 11.9 Å². The molecular weight excluding hydrogens is 186 g/mol. The molecule has 0 bridgehead atoms. The van der Waals surface area contributed by atoms with Crippen LogP contribution < -0.4 is 0 Å². The first-order valence-electron chi connectivity index (χ1n) is 4.03. The van der Waals surface area contributed by atoms with Gasteiger partial charge in [0, 0.05) is 18.6 Å². The molecule has 0 saturated carbocycles. The molecule has 1 N–H and O–H groups in total. The predicted molar refractivity (Wildman–Crippen MR) is 47.2 cm³/mol. The first kappa shape index (κ1) is 12.2. The number of carboxylic acid groups (broad SMARTS) is 1. The summed E-state index contributed by atoms with van der Waals surface area (Å²) in [5, 5.41) is 16.8. The minimum absolute atomic E-state index is 0.0275. The molecule has 0 aromatic carbocycles. The highest BCUT2D eigenvalue weighted by atomic mass is 16.5. The third-order valence-electron chi connectivity index (χ3n) is 1.41. The number of nitrogens with zero attached hydrogens (tertiary/aromatic N) is 1. The van der Waals surface area contributed by atoms with Gasteiger partial charge < -0.3 is 9.84 Å². The van der Waals surface area contributed by atoms with Crippen LogP contribution in [0.25, 0.3) is 0 Å². The van der Waals surface area contributed by atoms with Gasteiger partial charge in [0.1, 0.15) is 0 Å². The Bertz CT molecular complexity index is 288. The molecule has 5 nitrogen and oxygen atoms in total. The van der Waals surface area contributed by atoms with Crippen LogP contribution in [0.1, 0.15) is 19.8 Å². The van der Waals surface area contributed by atoms with E-state index in [0.717, 1.165) is 6.08 Å². The molecular formula is C9H11NO4. The van der Waals surface area contributed by atoms with Crippen molar-refractivity contribution in [2.24, 2.45) is 0 Å². The van der Waals surface area contributed by atoms with Crippen molar-refractivity contribution in [3.63, 3.8) is 0 Å². The standard InChI is InChI=1S/C9H11NO4/c1-7(11)14-6-2-3-8(4-5-10)9(12)13/h4H,2-3,6H2,1H3,(H,12,13)/b8-4-. The van der Waals surface area contributed by atoms with Crippen molar-refractivity contribution in [1.82, 2.24) is 0 Å². The molecule has 0 fully saturated rings. The number of allylic oxidation sites excluding steroid dienone is 1. The van der Waals surface area contributed by atoms with Crippen LogP contribution in [0.15, 0.2) is 11.6 Å². The van der Waals surface area contributed by atoms with Crippen LogP contribution in [-0.4, -0.2) is 23.7 Å². The minimum Gasteiger partial charge on any atom is -0.478 e. The molecule has 0 saturated heterocycles. The molecule has 0 spiro atoms. The molecule has 14 heavy (non-hydrogen) atoms. The van der Waals surface area contributed by atoms with Gasteiger partial charge in [0.25, 0.3) is 0 Å². The largest absolute Gasteiger partial charge is 0.478 e. The SMILES string of the molecule is CC(=O)OCCC/C(=C/C#N)C(=O)O. The lowest BCUT2D eigenvalue weighted by Crippen LogP contribution is -2.04. The van der Waals surface area contributed by atoms with Gasteiger partial charge in [0.15, 0.2) is 0 Å². The maximum atomic E-state index is 10.5. The van der Waals surface area contributed by atoms with Gasteiger partial charge in [0.05, 0.1) is 12.7 Å². The van der Waals surface area contributed by atoms with Crippen molar-refractivity contribution >= 4 is 11.9 Å². The van der Waals surface area contributed by atoms with E-state index in [1.807, 2.05) is 0 Å². The zero-order chi connectivity index (χ0) is 11.0. The van der Waals surface area contributed by atoms with E-state index < -0.39 is 11.9 Å². The Morgan fingerprint density at radius 2 is 2.21 bits per heavy atom. The normalized spacial score (nSPS) is 10.4. The molecule has 0 amide bonds. The summed E-state index contributed by atoms with van der Waals surface area (Å²) in [6.45, 7) is 1.45. The van der Waals surface area contributed by atoms with Gasteiger partial charge in [-0.05, 0) is 12.8 Å². The fraction of sp³-hybridized carbons (Fsp3) is 0.444. The Morgan fingerprint density at radius 3 is 2.64 bits per heavy atom. The van der Waals surface area contributed by atoms with Crippen LogP contribution in [0.2, 0.25) is 0 Å². The number of esters is 1. The molecule has 0 aromatic rings. The third-order valence-corrected chi connectivity index (χ3v) is 1.41. The maximum absolute atomic E-state index is 10.5. The highest BCUT2D eigenvalue weighted by Crippen LogP contribution is 2.05. The molecule has 0 radical (unpaired) electrons. The molecule has 0 aromatic heterocycles. The molecule has 0 rings (SSSR count). The Morgan fingerprint density at radius 1 is 1.57 bits per heavy atom. The first-order valence-corrected chi connectivity index (χ1v) is 4.03. The van der Waals surface area contributed by atoms with Crippen molar-refractivity contribution in [3.05, 3.63) is 11.6 Å². The summed E-state index contributed by atoms with van der Waals surface area (Å²) in [7, 11) is 0. The van der Waals surface area contributed by atoms with Crippen LogP contribution in [0.5, 0.6) is 0 Å². The number of carboxylic acids is 1. The lowest BCUT2D eigenvalue weighted by atomic mass is 10.1. The summed E-state index contributed by atoms with van der Waals surface area (Å²) in [4.78, 5) is 20.8. The molecule has 0 aliphatic rings. The molecule has 0 aliphatic heterocycles. The number of carbonyl (C=O) groups excluding carboxylic acids is 1. The van der Waals surface area contributed by atoms with Crippen LogP contribution in [0.3, 0.4) is 0 Å². The number of aliphatic carboxylic acids is 1. The van der Waals surface area contributed by atoms with Crippen LogP contribution in [0.4, 0.5) is 0 Å². The Balaban J connectivity index is 3.86. The van der Waals surface area contributed by atoms with E-state index in [0.29, 0.717) is 6.42 Å². The number of hydrogen-bond donors (Lipinski definition) is 1. The van der Waals surface area contributed by atoms with E-state index in [9.17, 15) is 9.59 Å². The molecule has 0 unspecified atom stereocenters. The van der Waals surface area contributed by atoms with E-state index in [1.165, 1.54) is 6.92 Å². The topological polar surface area (TPSA) is 87.4 Å². The average molecular weight is 197 g/mol. The summed E-state index contributed by atoms with van der Waals surface area (Å²) < 4.78 is 4.61. The Labute approximate surface area is 81.6 Å². The van der Waals surface area contributed by atoms with E-state index in [4.69, 9.17) is 10.4 Å². The average Bonchev–Trinajstić information content (AvgIpc) is 2.09. The smallest absolute Gasteiger partial charge is 0.332 e. The first-order chi connectivity index (χ1) is 6.57. The minimum atomic E-state index is -1.12. The number of nitriles is 1. The second-order valence-electron chi connectivity index (χ2n) is 2.55. The lowest BCUT2D eigenvalue weighted by molar-refractivity contribution is -0.141. The van der Waals surface area contributed by atoms with E-state index in [1.54, 1.807) is 6.07 Å². The zero-order valence-corrected chi connectivity index (χ0v) is 7.82. The van der Waals surface area contributed by atoms with Crippen LogP contribution in [-0.2, 0) is 14.3 Å². The molecule has 0 heterocycles. The van der Waals surface area contributed by atoms with Crippen molar-refractivity contribution in [2.45, 2.75) is 19.8 Å². The van der Waals surface area contributed by atoms with E-state index >= 15 is 0 Å². The number of ether oxygens (including phenoxy) is 1. The number of hydrogen-bond acceptors (Lipinski definition) is 4. The third kappa shape index (κ3) is 5.77. The van der Waals surface area contributed by atoms with Crippen LogP contribution in [0, 0.1) is 11.3 Å². The van der Waals surface area contributed by atoms with E-state index in [2.05, 4.69) is 4.74 Å². The summed E-state index contributed by atoms with van der Waals surface area (Å²) in [5.74, 6) is -1.51. The van der Waals surface area contributed by atoms with Crippen molar-refractivity contribution in [2.75, 3.05) is 6.61 Å². The second kappa shape index (κ2) is 6.66. The fourth-order valence-electron chi connectivity index (χ4n) is 0.797. The highest BCUT2D eigenvalue weighted by Gasteiger charge is 2.06. The molecule has 76 valence electrons. The molecule has 0 atom stereocenters. The Hall–Kier alpha value is -1.83. The molecule has 0 aliphatic carbocycles. The number of rotatable bonds is 5. The lowest BCUT2D eigenvalue weighted by Gasteiger charge is -2.01. The van der Waals surface area contributed by atoms with Gasteiger partial charge in [0.2, 0.25) is 0 Å². The van der Waals surface area contributed by atoms with Gasteiger partial charge in [-0.15, -0.1) is 0 Å². The monoisotopic (exact) mass is 197 g/mol.